The Morgan fingerprint density at radius 2 is 1.44 bits per heavy atom. The van der Waals surface area contributed by atoms with Gasteiger partial charge in [-0.15, -0.1) is 0 Å². The first-order chi connectivity index (χ1) is 16.0. The number of carbonyl (C=O) groups is 2. The molecule has 0 spiro atoms. The molecule has 0 aromatic heterocycles. The van der Waals surface area contributed by atoms with Crippen LogP contribution < -0.4 is 0 Å². The van der Waals surface area contributed by atoms with Crippen LogP contribution in [0.3, 0.4) is 0 Å². The molecule has 0 aromatic rings. The Balaban J connectivity index is 1.60. The molecule has 2 unspecified atom stereocenters. The summed E-state index contributed by atoms with van der Waals surface area (Å²) >= 11 is 0. The van der Waals surface area contributed by atoms with E-state index in [2.05, 4.69) is 13.5 Å². The Kier molecular flexibility index (Phi) is 7.29. The quantitative estimate of drug-likeness (QED) is 0.259. The molecule has 4 nitrogen and oxygen atoms in total. The molecule has 0 N–H and O–H groups in total. The number of hydrogen-bond donors (Lipinski definition) is 0. The lowest BCUT2D eigenvalue weighted by atomic mass is 9.46. The minimum Gasteiger partial charge on any atom is -0.458 e. The monoisotopic (exact) mass is 472 g/mol. The maximum Gasteiger partial charge on any atom is 0.333 e. The van der Waals surface area contributed by atoms with Gasteiger partial charge in [0.2, 0.25) is 0 Å². The zero-order valence-electron chi connectivity index (χ0n) is 22.4. The molecule has 0 aromatic carbocycles. The molecule has 0 aliphatic heterocycles. The average Bonchev–Trinajstić information content (AvgIpc) is 2.81. The second kappa shape index (κ2) is 9.62. The fourth-order valence-corrected chi connectivity index (χ4v) is 8.39. The number of esters is 2. The summed E-state index contributed by atoms with van der Waals surface area (Å²) in [6.07, 6.45) is 14.5. The summed E-state index contributed by atoms with van der Waals surface area (Å²) < 4.78 is 12.8. The lowest BCUT2D eigenvalue weighted by molar-refractivity contribution is -0.241. The molecule has 192 valence electrons. The highest BCUT2D eigenvalue weighted by Gasteiger charge is 2.63. The third-order valence-corrected chi connectivity index (χ3v) is 10.4. The molecule has 5 rings (SSSR count). The van der Waals surface area contributed by atoms with Crippen LogP contribution in [-0.4, -0.2) is 23.1 Å². The van der Waals surface area contributed by atoms with Gasteiger partial charge in [-0.2, -0.15) is 0 Å². The van der Waals surface area contributed by atoms with E-state index in [1.807, 2.05) is 20.8 Å². The number of rotatable bonds is 9. The van der Waals surface area contributed by atoms with Gasteiger partial charge in [0.05, 0.1) is 5.41 Å². The largest absolute Gasteiger partial charge is 0.458 e. The fourth-order valence-electron chi connectivity index (χ4n) is 8.39. The first kappa shape index (κ1) is 25.8. The Morgan fingerprint density at radius 1 is 0.882 bits per heavy atom. The van der Waals surface area contributed by atoms with Gasteiger partial charge < -0.3 is 9.47 Å². The molecule has 4 bridgehead atoms. The Bertz CT molecular complexity index is 760. The van der Waals surface area contributed by atoms with Crippen molar-refractivity contribution in [3.8, 4) is 0 Å². The first-order valence-corrected chi connectivity index (χ1v) is 14.2. The van der Waals surface area contributed by atoms with Crippen molar-refractivity contribution in [2.24, 2.45) is 35.0 Å². The van der Waals surface area contributed by atoms with Gasteiger partial charge >= 0.3 is 11.9 Å². The molecule has 0 saturated heterocycles. The molecular weight excluding hydrogens is 424 g/mol. The van der Waals surface area contributed by atoms with E-state index in [0.717, 1.165) is 11.8 Å². The van der Waals surface area contributed by atoms with E-state index in [0.29, 0.717) is 42.6 Å². The summed E-state index contributed by atoms with van der Waals surface area (Å²) in [7, 11) is 0. The van der Waals surface area contributed by atoms with E-state index in [1.54, 1.807) is 6.92 Å². The van der Waals surface area contributed by atoms with Crippen LogP contribution in [0.5, 0.6) is 0 Å². The normalized spacial score (nSPS) is 36.4. The SMILES string of the molecule is C=C(C)C(=O)OC(C)(CC)CC(C)(CC)C(=O)OC1(C2CCCCC2)C2CC3CC(C2)CC1C3. The Hall–Kier alpha value is -1.32. The summed E-state index contributed by atoms with van der Waals surface area (Å²) in [5, 5.41) is 0. The third-order valence-electron chi connectivity index (χ3n) is 10.4. The van der Waals surface area contributed by atoms with E-state index < -0.39 is 11.0 Å². The third kappa shape index (κ3) is 4.60. The van der Waals surface area contributed by atoms with E-state index in [1.165, 1.54) is 64.2 Å². The van der Waals surface area contributed by atoms with Gasteiger partial charge in [-0.1, -0.05) is 39.7 Å². The topological polar surface area (TPSA) is 52.6 Å². The van der Waals surface area contributed by atoms with Crippen LogP contribution in [0.15, 0.2) is 12.2 Å². The highest BCUT2D eigenvalue weighted by atomic mass is 16.6. The van der Waals surface area contributed by atoms with Gasteiger partial charge in [0.1, 0.15) is 11.2 Å². The van der Waals surface area contributed by atoms with Crippen molar-refractivity contribution in [2.75, 3.05) is 0 Å². The van der Waals surface area contributed by atoms with Crippen LogP contribution in [0, 0.1) is 35.0 Å². The summed E-state index contributed by atoms with van der Waals surface area (Å²) in [4.78, 5) is 26.5. The molecule has 0 amide bonds. The van der Waals surface area contributed by atoms with Crippen molar-refractivity contribution in [1.82, 2.24) is 0 Å². The van der Waals surface area contributed by atoms with Crippen LogP contribution in [0.1, 0.15) is 118 Å². The van der Waals surface area contributed by atoms with Gasteiger partial charge in [-0.25, -0.2) is 4.79 Å². The predicted molar refractivity (Wildman–Crippen MR) is 135 cm³/mol. The number of hydrogen-bond acceptors (Lipinski definition) is 4. The molecule has 34 heavy (non-hydrogen) atoms. The standard InChI is InChI=1S/C30H48O4/c1-7-28(5,19-29(6,8-2)33-26(31)20(3)4)27(32)34-30(23-12-10-9-11-13-23)24-15-21-14-22(17-24)18-25(30)16-21/h21-25H,3,7-19H2,1-2,4-6H3. The summed E-state index contributed by atoms with van der Waals surface area (Å²) in [6, 6.07) is 0. The van der Waals surface area contributed by atoms with Gasteiger partial charge in [0, 0.05) is 12.0 Å². The number of ether oxygens (including phenoxy) is 2. The molecule has 0 heterocycles. The molecule has 4 heteroatoms. The fraction of sp³-hybridized carbons (Fsp3) is 0.867. The van der Waals surface area contributed by atoms with Crippen molar-refractivity contribution in [3.63, 3.8) is 0 Å². The summed E-state index contributed by atoms with van der Waals surface area (Å²) in [5.41, 5.74) is -1.28. The van der Waals surface area contributed by atoms with Crippen LogP contribution >= 0.6 is 0 Å². The lowest BCUT2D eigenvalue weighted by Gasteiger charge is -2.63. The van der Waals surface area contributed by atoms with Crippen LogP contribution in [0.2, 0.25) is 0 Å². The molecule has 0 radical (unpaired) electrons. The minimum absolute atomic E-state index is 0.0564. The van der Waals surface area contributed by atoms with E-state index >= 15 is 0 Å². The first-order valence-electron chi connectivity index (χ1n) is 14.2. The zero-order chi connectivity index (χ0) is 24.7. The highest BCUT2D eigenvalue weighted by Crippen LogP contribution is 2.64. The second-order valence-corrected chi connectivity index (χ2v) is 12.9. The molecule has 2 atom stereocenters. The Morgan fingerprint density at radius 3 is 1.91 bits per heavy atom. The maximum absolute atomic E-state index is 14.2. The summed E-state index contributed by atoms with van der Waals surface area (Å²) in [5.74, 6) is 2.85. The smallest absolute Gasteiger partial charge is 0.333 e. The average molecular weight is 473 g/mol. The van der Waals surface area contributed by atoms with Crippen LogP contribution in [0.4, 0.5) is 0 Å². The molecule has 5 aliphatic rings. The lowest BCUT2D eigenvalue weighted by Crippen LogP contribution is -2.64. The zero-order valence-corrected chi connectivity index (χ0v) is 22.4. The van der Waals surface area contributed by atoms with Gasteiger partial charge in [0.15, 0.2) is 0 Å². The molecule has 5 fully saturated rings. The van der Waals surface area contributed by atoms with Crippen molar-refractivity contribution < 1.29 is 19.1 Å². The van der Waals surface area contributed by atoms with Crippen molar-refractivity contribution >= 4 is 11.9 Å². The van der Waals surface area contributed by atoms with Gasteiger partial charge in [-0.3, -0.25) is 4.79 Å². The van der Waals surface area contributed by atoms with E-state index in [9.17, 15) is 9.59 Å². The molecule has 5 aliphatic carbocycles. The predicted octanol–water partition coefficient (Wildman–Crippen LogP) is 7.40. The molecular formula is C30H48O4. The van der Waals surface area contributed by atoms with Gasteiger partial charge in [-0.05, 0) is 108 Å². The van der Waals surface area contributed by atoms with Gasteiger partial charge in [0.25, 0.3) is 0 Å². The Labute approximate surface area is 207 Å². The van der Waals surface area contributed by atoms with Crippen LogP contribution in [0.25, 0.3) is 0 Å². The number of carbonyl (C=O) groups excluding carboxylic acids is 2. The van der Waals surface area contributed by atoms with E-state index in [4.69, 9.17) is 9.47 Å². The second-order valence-electron chi connectivity index (χ2n) is 12.9. The highest BCUT2D eigenvalue weighted by molar-refractivity contribution is 5.87. The van der Waals surface area contributed by atoms with Crippen LogP contribution in [-0.2, 0) is 19.1 Å². The minimum atomic E-state index is -0.720. The van der Waals surface area contributed by atoms with Crippen molar-refractivity contribution in [2.45, 2.75) is 129 Å². The van der Waals surface area contributed by atoms with Crippen molar-refractivity contribution in [1.29, 1.82) is 0 Å². The maximum atomic E-state index is 14.2. The van der Waals surface area contributed by atoms with E-state index in [-0.39, 0.29) is 17.5 Å². The van der Waals surface area contributed by atoms with Crippen molar-refractivity contribution in [3.05, 3.63) is 12.2 Å². The molecule has 5 saturated carbocycles. The summed E-state index contributed by atoms with van der Waals surface area (Å²) in [6.45, 7) is 13.5.